The number of anilines is 1. The first-order valence-electron chi connectivity index (χ1n) is 7.87. The number of hydrogen-bond donors (Lipinski definition) is 3. The van der Waals surface area contributed by atoms with E-state index in [1.165, 1.54) is 42.6 Å². The van der Waals surface area contributed by atoms with Crippen molar-refractivity contribution in [3.8, 4) is 0 Å². The predicted octanol–water partition coefficient (Wildman–Crippen LogP) is 4.28. The highest BCUT2D eigenvalue weighted by Gasteiger charge is 2.14. The number of nitrogens with one attached hydrogen (secondary N) is 1. The van der Waals surface area contributed by atoms with Crippen LogP contribution < -0.4 is 4.72 Å². The molecule has 142 valence electrons. The zero-order valence-corrected chi connectivity index (χ0v) is 15.9. The van der Waals surface area contributed by atoms with Crippen molar-refractivity contribution < 1.29 is 18.3 Å². The largest absolute Gasteiger partial charge is 0.478 e. The summed E-state index contributed by atoms with van der Waals surface area (Å²) in [5.74, 6) is -0.898. The standard InChI is InChI=1S/C18H14N4O4S2/c23-18(24)15-11-13(6-9-16(15)27)21-20-12-4-7-14(8-5-12)28(25,26)22-17-3-1-2-10-19-17/h1-11,27H,(H,19,22)(H,23,24). The van der Waals surface area contributed by atoms with E-state index < -0.39 is 16.0 Å². The number of rotatable bonds is 6. The molecule has 1 heterocycles. The third-order valence-corrected chi connectivity index (χ3v) is 5.30. The molecule has 0 fully saturated rings. The second-order valence-electron chi connectivity index (χ2n) is 5.52. The van der Waals surface area contributed by atoms with Crippen molar-refractivity contribution >= 4 is 45.8 Å². The highest BCUT2D eigenvalue weighted by molar-refractivity contribution is 7.92. The Balaban J connectivity index is 1.77. The van der Waals surface area contributed by atoms with Gasteiger partial charge < -0.3 is 5.11 Å². The Morgan fingerprint density at radius 3 is 2.32 bits per heavy atom. The lowest BCUT2D eigenvalue weighted by atomic mass is 10.2. The molecule has 10 heteroatoms. The highest BCUT2D eigenvalue weighted by atomic mass is 32.2. The molecule has 2 aromatic carbocycles. The fraction of sp³-hybridized carbons (Fsp3) is 0. The van der Waals surface area contributed by atoms with Crippen molar-refractivity contribution in [2.24, 2.45) is 10.2 Å². The van der Waals surface area contributed by atoms with E-state index in [0.717, 1.165) is 0 Å². The van der Waals surface area contributed by atoms with Crippen LogP contribution in [0.2, 0.25) is 0 Å². The van der Waals surface area contributed by atoms with Crippen LogP contribution in [-0.2, 0) is 10.0 Å². The SMILES string of the molecule is O=C(O)c1cc(N=Nc2ccc(S(=O)(=O)Nc3ccccn3)cc2)ccc1S. The van der Waals surface area contributed by atoms with E-state index in [2.05, 4.69) is 32.6 Å². The second kappa shape index (κ2) is 8.19. The number of aromatic nitrogens is 1. The van der Waals surface area contributed by atoms with Gasteiger partial charge in [-0.15, -0.1) is 12.6 Å². The zero-order chi connectivity index (χ0) is 20.1. The fourth-order valence-electron chi connectivity index (χ4n) is 2.18. The maximum absolute atomic E-state index is 12.4. The zero-order valence-electron chi connectivity index (χ0n) is 14.2. The number of hydrogen-bond acceptors (Lipinski definition) is 7. The van der Waals surface area contributed by atoms with E-state index in [0.29, 0.717) is 16.3 Å². The molecular weight excluding hydrogens is 400 g/mol. The van der Waals surface area contributed by atoms with Gasteiger partial charge in [-0.3, -0.25) is 4.72 Å². The normalized spacial score (nSPS) is 11.5. The number of nitrogens with zero attached hydrogens (tertiary/aromatic N) is 3. The minimum atomic E-state index is -3.78. The number of benzene rings is 2. The average molecular weight is 414 g/mol. The van der Waals surface area contributed by atoms with Gasteiger partial charge in [0.05, 0.1) is 21.8 Å². The van der Waals surface area contributed by atoms with E-state index in [1.54, 1.807) is 24.3 Å². The van der Waals surface area contributed by atoms with Gasteiger partial charge in [-0.1, -0.05) is 6.07 Å². The van der Waals surface area contributed by atoms with Crippen LogP contribution in [0.15, 0.2) is 86.9 Å². The average Bonchev–Trinajstić information content (AvgIpc) is 2.68. The summed E-state index contributed by atoms with van der Waals surface area (Å²) in [7, 11) is -3.78. The van der Waals surface area contributed by atoms with Gasteiger partial charge in [0, 0.05) is 11.1 Å². The Kier molecular flexibility index (Phi) is 5.71. The Labute approximate surface area is 166 Å². The van der Waals surface area contributed by atoms with E-state index in [1.807, 2.05) is 0 Å². The Hall–Kier alpha value is -3.24. The molecule has 0 unspecified atom stereocenters. The molecule has 2 N–H and O–H groups in total. The molecule has 0 atom stereocenters. The van der Waals surface area contributed by atoms with Crippen LogP contribution in [-0.4, -0.2) is 24.5 Å². The van der Waals surface area contributed by atoms with Gasteiger partial charge in [0.15, 0.2) is 0 Å². The third kappa shape index (κ3) is 4.72. The molecule has 0 bridgehead atoms. The first-order valence-corrected chi connectivity index (χ1v) is 9.80. The second-order valence-corrected chi connectivity index (χ2v) is 7.69. The van der Waals surface area contributed by atoms with Crippen molar-refractivity contribution in [3.05, 3.63) is 72.4 Å². The van der Waals surface area contributed by atoms with Gasteiger partial charge in [0.25, 0.3) is 10.0 Å². The highest BCUT2D eigenvalue weighted by Crippen LogP contribution is 2.24. The van der Waals surface area contributed by atoms with Crippen LogP contribution >= 0.6 is 12.6 Å². The van der Waals surface area contributed by atoms with Crippen molar-refractivity contribution in [2.75, 3.05) is 4.72 Å². The Morgan fingerprint density at radius 2 is 1.68 bits per heavy atom. The Bertz CT molecular complexity index is 1130. The summed E-state index contributed by atoms with van der Waals surface area (Å²) >= 11 is 4.08. The molecular formula is C18H14N4O4S2. The summed E-state index contributed by atoms with van der Waals surface area (Å²) in [6.07, 6.45) is 1.48. The third-order valence-electron chi connectivity index (χ3n) is 3.54. The lowest BCUT2D eigenvalue weighted by Crippen LogP contribution is -2.13. The predicted molar refractivity (Wildman–Crippen MR) is 106 cm³/mol. The summed E-state index contributed by atoms with van der Waals surface area (Å²) in [4.78, 5) is 15.4. The monoisotopic (exact) mass is 414 g/mol. The molecule has 0 amide bonds. The van der Waals surface area contributed by atoms with Crippen LogP contribution in [0, 0.1) is 0 Å². The minimum absolute atomic E-state index is 0.0156. The first-order chi connectivity index (χ1) is 13.3. The molecule has 0 aliphatic carbocycles. The first kappa shape index (κ1) is 19.5. The number of pyridine rings is 1. The molecule has 8 nitrogen and oxygen atoms in total. The van der Waals surface area contributed by atoms with Crippen LogP contribution in [0.4, 0.5) is 17.2 Å². The summed E-state index contributed by atoms with van der Waals surface area (Å²) in [6, 6.07) is 15.1. The number of aromatic carboxylic acids is 1. The summed E-state index contributed by atoms with van der Waals surface area (Å²) in [5.41, 5.74) is 0.758. The van der Waals surface area contributed by atoms with Gasteiger partial charge in [0.2, 0.25) is 0 Å². The smallest absolute Gasteiger partial charge is 0.336 e. The van der Waals surface area contributed by atoms with Crippen molar-refractivity contribution in [1.29, 1.82) is 0 Å². The topological polar surface area (TPSA) is 121 Å². The van der Waals surface area contributed by atoms with Gasteiger partial charge in [0.1, 0.15) is 5.82 Å². The van der Waals surface area contributed by atoms with Crippen LogP contribution in [0.1, 0.15) is 10.4 Å². The molecule has 1 aromatic heterocycles. The maximum atomic E-state index is 12.4. The number of carboxylic acid groups (broad SMARTS) is 1. The van der Waals surface area contributed by atoms with Crippen LogP contribution in [0.3, 0.4) is 0 Å². The number of carbonyl (C=O) groups is 1. The number of carboxylic acids is 1. The molecule has 0 radical (unpaired) electrons. The molecule has 0 aliphatic heterocycles. The van der Waals surface area contributed by atoms with Gasteiger partial charge in [-0.05, 0) is 54.6 Å². The fourth-order valence-corrected chi connectivity index (χ4v) is 3.43. The molecule has 3 aromatic rings. The minimum Gasteiger partial charge on any atom is -0.478 e. The van der Waals surface area contributed by atoms with Crippen molar-refractivity contribution in [2.45, 2.75) is 9.79 Å². The maximum Gasteiger partial charge on any atom is 0.336 e. The van der Waals surface area contributed by atoms with Crippen molar-refractivity contribution in [1.82, 2.24) is 4.98 Å². The molecule has 0 saturated heterocycles. The lowest BCUT2D eigenvalue weighted by Gasteiger charge is -2.07. The van der Waals surface area contributed by atoms with E-state index >= 15 is 0 Å². The quantitative estimate of drug-likeness (QED) is 0.410. The molecule has 0 saturated carbocycles. The summed E-state index contributed by atoms with van der Waals surface area (Å²) < 4.78 is 27.1. The van der Waals surface area contributed by atoms with Gasteiger partial charge in [-0.2, -0.15) is 10.2 Å². The number of azo groups is 1. The Morgan fingerprint density at radius 1 is 1.00 bits per heavy atom. The molecule has 0 aliphatic rings. The van der Waals surface area contributed by atoms with Gasteiger partial charge in [-0.25, -0.2) is 18.2 Å². The molecule has 3 rings (SSSR count). The number of sulfonamides is 1. The summed E-state index contributed by atoms with van der Waals surface area (Å²) in [5, 5.41) is 17.1. The molecule has 28 heavy (non-hydrogen) atoms. The van der Waals surface area contributed by atoms with E-state index in [-0.39, 0.29) is 16.3 Å². The van der Waals surface area contributed by atoms with Crippen LogP contribution in [0.5, 0.6) is 0 Å². The van der Waals surface area contributed by atoms with Crippen molar-refractivity contribution in [3.63, 3.8) is 0 Å². The molecule has 0 spiro atoms. The lowest BCUT2D eigenvalue weighted by molar-refractivity contribution is 0.0693. The number of thiol groups is 1. The summed E-state index contributed by atoms with van der Waals surface area (Å²) in [6.45, 7) is 0. The van der Waals surface area contributed by atoms with E-state index in [9.17, 15) is 13.2 Å². The van der Waals surface area contributed by atoms with Crippen LogP contribution in [0.25, 0.3) is 0 Å². The van der Waals surface area contributed by atoms with E-state index in [4.69, 9.17) is 5.11 Å². The van der Waals surface area contributed by atoms with Gasteiger partial charge >= 0.3 is 5.97 Å².